The second-order valence-corrected chi connectivity index (χ2v) is 11.0. The molecule has 3 aromatic heterocycles. The van der Waals surface area contributed by atoms with Gasteiger partial charge in [0.2, 0.25) is 5.91 Å². The molecule has 0 aliphatic heterocycles. The number of rotatable bonds is 8. The third kappa shape index (κ3) is 5.66. The van der Waals surface area contributed by atoms with E-state index in [0.29, 0.717) is 23.9 Å². The Bertz CT molecular complexity index is 1460. The quantitative estimate of drug-likeness (QED) is 0.328. The van der Waals surface area contributed by atoms with Gasteiger partial charge in [-0.2, -0.15) is 5.10 Å². The Kier molecular flexibility index (Phi) is 6.85. The van der Waals surface area contributed by atoms with Crippen LogP contribution in [0.25, 0.3) is 5.82 Å². The number of nitrogens with one attached hydrogen (secondary N) is 3. The van der Waals surface area contributed by atoms with Crippen molar-refractivity contribution in [3.05, 3.63) is 70.4 Å². The van der Waals surface area contributed by atoms with Crippen LogP contribution >= 0.6 is 11.3 Å². The van der Waals surface area contributed by atoms with Crippen LogP contribution in [0.4, 0.5) is 17.2 Å². The molecule has 182 valence electrons. The highest BCUT2D eigenvalue weighted by Gasteiger charge is 2.17. The number of thiophene rings is 1. The van der Waals surface area contributed by atoms with E-state index >= 15 is 0 Å². The van der Waals surface area contributed by atoms with Crippen LogP contribution in [0, 0.1) is 20.8 Å². The fraction of sp³-hybridized carbons (Fsp3) is 0.217. The molecule has 0 saturated carbocycles. The molecule has 10 nitrogen and oxygen atoms in total. The number of benzene rings is 1. The molecular weight excluding hydrogens is 486 g/mol. The minimum absolute atomic E-state index is 0.172. The monoisotopic (exact) mass is 511 g/mol. The first kappa shape index (κ1) is 24.4. The Morgan fingerprint density at radius 2 is 1.69 bits per heavy atom. The number of aromatic nitrogens is 4. The molecule has 0 spiro atoms. The molecule has 0 fully saturated rings. The topological polar surface area (TPSA) is 131 Å². The van der Waals surface area contributed by atoms with Gasteiger partial charge in [0.1, 0.15) is 4.21 Å². The second-order valence-electron chi connectivity index (χ2n) is 7.92. The Morgan fingerprint density at radius 3 is 2.29 bits per heavy atom. The summed E-state index contributed by atoms with van der Waals surface area (Å²) in [7, 11) is -3.73. The number of anilines is 3. The first-order valence-corrected chi connectivity index (χ1v) is 13.0. The number of carbonyl (C=O) groups is 1. The summed E-state index contributed by atoms with van der Waals surface area (Å²) in [6, 6.07) is 13.7. The molecule has 0 atom stereocenters. The van der Waals surface area contributed by atoms with Crippen LogP contribution < -0.4 is 15.4 Å². The molecule has 0 aliphatic carbocycles. The summed E-state index contributed by atoms with van der Waals surface area (Å²) in [5, 5.41) is 18.8. The summed E-state index contributed by atoms with van der Waals surface area (Å²) in [4.78, 5) is 11.8. The minimum Gasteiger partial charge on any atom is -0.351 e. The van der Waals surface area contributed by atoms with Crippen LogP contribution in [0.3, 0.4) is 0 Å². The van der Waals surface area contributed by atoms with Crippen molar-refractivity contribution in [3.8, 4) is 5.82 Å². The predicted molar refractivity (Wildman–Crippen MR) is 136 cm³/mol. The average molecular weight is 512 g/mol. The summed E-state index contributed by atoms with van der Waals surface area (Å²) >= 11 is 1.11. The number of aryl methyl sites for hydroxylation is 1. The van der Waals surface area contributed by atoms with Gasteiger partial charge in [-0.15, -0.1) is 21.5 Å². The molecule has 0 saturated heterocycles. The standard InChI is InChI=1S/C23H25N7O3S2/c1-14-15(2)28-30(16(14)3)22-11-10-21(26-27-22)25-18-5-7-19(8-6-18)29-35(32,33)23-12-9-20(34-23)13-24-17(4)31/h5-12,29H,13H2,1-4H3,(H,24,31)(H,25,26). The molecule has 4 aromatic rings. The van der Waals surface area contributed by atoms with Crippen LogP contribution in [0.5, 0.6) is 0 Å². The second kappa shape index (κ2) is 9.84. The molecule has 4 rings (SSSR count). The fourth-order valence-electron chi connectivity index (χ4n) is 3.23. The van der Waals surface area contributed by atoms with Crippen LogP contribution in [0.15, 0.2) is 52.7 Å². The van der Waals surface area contributed by atoms with E-state index < -0.39 is 10.0 Å². The van der Waals surface area contributed by atoms with Gasteiger partial charge in [0.05, 0.1) is 12.2 Å². The van der Waals surface area contributed by atoms with Crippen molar-refractivity contribution in [1.29, 1.82) is 0 Å². The molecule has 3 heterocycles. The molecule has 0 aliphatic rings. The van der Waals surface area contributed by atoms with E-state index in [2.05, 4.69) is 30.7 Å². The molecule has 12 heteroatoms. The van der Waals surface area contributed by atoms with Gasteiger partial charge in [-0.05, 0) is 74.9 Å². The van der Waals surface area contributed by atoms with E-state index in [1.54, 1.807) is 41.1 Å². The average Bonchev–Trinajstić information content (AvgIpc) is 3.41. The number of carbonyl (C=O) groups excluding carboxylic acids is 1. The fourth-order valence-corrected chi connectivity index (χ4v) is 5.59. The Morgan fingerprint density at radius 1 is 0.971 bits per heavy atom. The van der Waals surface area contributed by atoms with Crippen molar-refractivity contribution in [2.45, 2.75) is 38.4 Å². The van der Waals surface area contributed by atoms with Crippen LogP contribution in [0.2, 0.25) is 0 Å². The third-order valence-electron chi connectivity index (χ3n) is 5.34. The molecule has 1 aromatic carbocycles. The van der Waals surface area contributed by atoms with Gasteiger partial charge in [-0.25, -0.2) is 13.1 Å². The molecule has 1 amide bonds. The van der Waals surface area contributed by atoms with Gasteiger partial charge < -0.3 is 10.6 Å². The molecule has 0 unspecified atom stereocenters. The van der Waals surface area contributed by atoms with Crippen LogP contribution in [-0.2, 0) is 21.4 Å². The van der Waals surface area contributed by atoms with Crippen molar-refractivity contribution < 1.29 is 13.2 Å². The van der Waals surface area contributed by atoms with Crippen molar-refractivity contribution in [3.63, 3.8) is 0 Å². The van der Waals surface area contributed by atoms with Gasteiger partial charge in [-0.3, -0.25) is 9.52 Å². The van der Waals surface area contributed by atoms with Crippen LogP contribution in [-0.4, -0.2) is 34.3 Å². The smallest absolute Gasteiger partial charge is 0.271 e. The highest BCUT2D eigenvalue weighted by atomic mass is 32.2. The Hall–Kier alpha value is -3.77. The Balaban J connectivity index is 1.40. The van der Waals surface area contributed by atoms with Gasteiger partial charge in [-0.1, -0.05) is 0 Å². The zero-order chi connectivity index (χ0) is 25.2. The summed E-state index contributed by atoms with van der Waals surface area (Å²) in [5.41, 5.74) is 4.24. The lowest BCUT2D eigenvalue weighted by molar-refractivity contribution is -0.119. The molecule has 3 N–H and O–H groups in total. The minimum atomic E-state index is -3.73. The van der Waals surface area contributed by atoms with E-state index in [4.69, 9.17) is 0 Å². The Labute approximate surface area is 207 Å². The normalized spacial score (nSPS) is 11.3. The number of hydrogen-bond acceptors (Lipinski definition) is 8. The van der Waals surface area contributed by atoms with E-state index in [-0.39, 0.29) is 10.1 Å². The SMILES string of the molecule is CC(=O)NCc1ccc(S(=O)(=O)Nc2ccc(Nc3ccc(-n4nc(C)c(C)c4C)nn3)cc2)s1. The van der Waals surface area contributed by atoms with Crippen molar-refractivity contribution >= 4 is 44.5 Å². The van der Waals surface area contributed by atoms with E-state index in [1.807, 2.05) is 26.8 Å². The predicted octanol–water partition coefficient (Wildman–Crippen LogP) is 3.83. The molecule has 0 radical (unpaired) electrons. The lowest BCUT2D eigenvalue weighted by Crippen LogP contribution is -2.18. The van der Waals surface area contributed by atoms with Gasteiger partial charge in [0.15, 0.2) is 11.6 Å². The first-order chi connectivity index (χ1) is 16.6. The van der Waals surface area contributed by atoms with E-state index in [9.17, 15) is 13.2 Å². The lowest BCUT2D eigenvalue weighted by atomic mass is 10.2. The largest absolute Gasteiger partial charge is 0.351 e. The number of nitrogens with zero attached hydrogens (tertiary/aromatic N) is 4. The van der Waals surface area contributed by atoms with Gasteiger partial charge in [0.25, 0.3) is 10.0 Å². The van der Waals surface area contributed by atoms with Crippen molar-refractivity contribution in [2.24, 2.45) is 0 Å². The summed E-state index contributed by atoms with van der Waals surface area (Å²) in [6.45, 7) is 7.67. The summed E-state index contributed by atoms with van der Waals surface area (Å²) in [6.07, 6.45) is 0. The summed E-state index contributed by atoms with van der Waals surface area (Å²) < 4.78 is 29.9. The lowest BCUT2D eigenvalue weighted by Gasteiger charge is -2.09. The maximum absolute atomic E-state index is 12.7. The number of hydrogen-bond donors (Lipinski definition) is 3. The zero-order valence-corrected chi connectivity index (χ0v) is 21.3. The summed E-state index contributed by atoms with van der Waals surface area (Å²) in [5.74, 6) is 1.00. The third-order valence-corrected chi connectivity index (χ3v) is 8.30. The van der Waals surface area contributed by atoms with Gasteiger partial charge >= 0.3 is 0 Å². The van der Waals surface area contributed by atoms with E-state index in [1.165, 1.54) is 13.0 Å². The molecular formula is C23H25N7O3S2. The van der Waals surface area contributed by atoms with Crippen LogP contribution in [0.1, 0.15) is 28.8 Å². The zero-order valence-electron chi connectivity index (χ0n) is 19.7. The van der Waals surface area contributed by atoms with E-state index in [0.717, 1.165) is 38.9 Å². The molecule has 0 bridgehead atoms. The van der Waals surface area contributed by atoms with Crippen molar-refractivity contribution in [1.82, 2.24) is 25.3 Å². The van der Waals surface area contributed by atoms with Crippen molar-refractivity contribution in [2.75, 3.05) is 10.0 Å². The maximum Gasteiger partial charge on any atom is 0.271 e. The number of amides is 1. The van der Waals surface area contributed by atoms with Gasteiger partial charge in [0, 0.05) is 28.9 Å². The maximum atomic E-state index is 12.7. The molecule has 35 heavy (non-hydrogen) atoms. The highest BCUT2D eigenvalue weighted by Crippen LogP contribution is 2.25. The number of sulfonamides is 1. The highest BCUT2D eigenvalue weighted by molar-refractivity contribution is 7.94. The first-order valence-electron chi connectivity index (χ1n) is 10.7.